The van der Waals surface area contributed by atoms with Crippen molar-refractivity contribution in [1.82, 2.24) is 20.9 Å². The maximum Gasteiger partial charge on any atom is 0.245 e. The van der Waals surface area contributed by atoms with Gasteiger partial charge in [0.15, 0.2) is 0 Å². The van der Waals surface area contributed by atoms with Crippen molar-refractivity contribution in [1.29, 1.82) is 0 Å². The number of nitrogens with zero attached hydrogens (tertiary/aromatic N) is 1. The monoisotopic (exact) mass is 418 g/mol. The van der Waals surface area contributed by atoms with Crippen molar-refractivity contribution < 1.29 is 19.2 Å². The first kappa shape index (κ1) is 25.1. The molecule has 1 rings (SSSR count). The van der Waals surface area contributed by atoms with E-state index in [1.165, 1.54) is 11.0 Å². The van der Waals surface area contributed by atoms with E-state index in [4.69, 9.17) is 0 Å². The third kappa shape index (κ3) is 7.85. The molecule has 3 atom stereocenters. The molecule has 8 nitrogen and oxygen atoms in total. The highest BCUT2D eigenvalue weighted by molar-refractivity contribution is 5.96. The lowest BCUT2D eigenvalue weighted by Gasteiger charge is -2.34. The standard InChI is InChI=1S/C22H34N4O4/c1-6-7-8-9-10-13-18(27)25-17-12-11-14-23-20(28)16(4)24-21(29)19(15(2)3)26(5)22(17)30/h6-10,13,15-17,19H,11-12,14H2,1-5H3,(H,23,28)(H,24,29)(H,25,27)/b7-6+,9-8+,13-10-/t16-,17?,19-/m0/s1. The molecule has 1 heterocycles. The second-order valence-electron chi connectivity index (χ2n) is 7.63. The van der Waals surface area contributed by atoms with E-state index in [0.29, 0.717) is 19.4 Å². The third-order valence-electron chi connectivity index (χ3n) is 4.77. The van der Waals surface area contributed by atoms with Gasteiger partial charge in [-0.15, -0.1) is 0 Å². The molecule has 1 aliphatic rings. The molecule has 4 amide bonds. The first-order valence-electron chi connectivity index (χ1n) is 10.3. The number of hydrogen-bond donors (Lipinski definition) is 3. The lowest BCUT2D eigenvalue weighted by atomic mass is 9.99. The van der Waals surface area contributed by atoms with Gasteiger partial charge in [-0.05, 0) is 32.6 Å². The van der Waals surface area contributed by atoms with E-state index in [-0.39, 0.29) is 17.7 Å². The quantitative estimate of drug-likeness (QED) is 0.458. The fourth-order valence-electron chi connectivity index (χ4n) is 3.20. The van der Waals surface area contributed by atoms with E-state index < -0.39 is 29.9 Å². The highest BCUT2D eigenvalue weighted by Crippen LogP contribution is 2.14. The first-order chi connectivity index (χ1) is 14.2. The van der Waals surface area contributed by atoms with Gasteiger partial charge in [-0.3, -0.25) is 19.2 Å². The Labute approximate surface area is 178 Å². The molecule has 3 N–H and O–H groups in total. The van der Waals surface area contributed by atoms with E-state index in [1.807, 2.05) is 32.9 Å². The molecule has 166 valence electrons. The molecular formula is C22H34N4O4. The molecule has 0 bridgehead atoms. The van der Waals surface area contributed by atoms with Gasteiger partial charge in [-0.1, -0.05) is 44.2 Å². The van der Waals surface area contributed by atoms with Crippen LogP contribution in [0.1, 0.15) is 40.5 Å². The van der Waals surface area contributed by atoms with Crippen molar-refractivity contribution in [3.8, 4) is 0 Å². The zero-order chi connectivity index (χ0) is 22.7. The Hall–Kier alpha value is -2.90. The van der Waals surface area contributed by atoms with Crippen LogP contribution in [0.3, 0.4) is 0 Å². The van der Waals surface area contributed by atoms with Crippen LogP contribution in [-0.2, 0) is 19.2 Å². The van der Waals surface area contributed by atoms with Crippen LogP contribution < -0.4 is 16.0 Å². The molecule has 8 heteroatoms. The molecule has 1 aliphatic heterocycles. The van der Waals surface area contributed by atoms with Gasteiger partial charge < -0.3 is 20.9 Å². The molecule has 1 unspecified atom stereocenters. The SMILES string of the molecule is C/C=C/C=C/C=C\C(=O)NC1CCCNC(=O)[C@H](C)NC(=O)[C@H](C(C)C)N(C)C1=O. The average Bonchev–Trinajstić information content (AvgIpc) is 2.68. The number of hydrogen-bond acceptors (Lipinski definition) is 4. The Balaban J connectivity index is 3.03. The number of allylic oxidation sites excluding steroid dienone is 5. The molecule has 1 saturated heterocycles. The number of carbonyl (C=O) groups excluding carboxylic acids is 4. The molecular weight excluding hydrogens is 384 g/mol. The Bertz CT molecular complexity index is 712. The van der Waals surface area contributed by atoms with Crippen LogP contribution in [0.15, 0.2) is 36.5 Å². The van der Waals surface area contributed by atoms with Crippen LogP contribution in [0.25, 0.3) is 0 Å². The maximum absolute atomic E-state index is 13.1. The summed E-state index contributed by atoms with van der Waals surface area (Å²) in [6, 6.07) is -2.25. The molecule has 1 fully saturated rings. The van der Waals surface area contributed by atoms with Gasteiger partial charge in [0.05, 0.1) is 0 Å². The van der Waals surface area contributed by atoms with Crippen molar-refractivity contribution >= 4 is 23.6 Å². The number of amides is 4. The van der Waals surface area contributed by atoms with Crippen molar-refractivity contribution in [2.45, 2.75) is 58.7 Å². The Morgan fingerprint density at radius 3 is 2.43 bits per heavy atom. The van der Waals surface area contributed by atoms with Crippen molar-refractivity contribution in [3.05, 3.63) is 36.5 Å². The van der Waals surface area contributed by atoms with Gasteiger partial charge in [0.1, 0.15) is 18.1 Å². The fraction of sp³-hybridized carbons (Fsp3) is 0.545. The summed E-state index contributed by atoms with van der Waals surface area (Å²) >= 11 is 0. The topological polar surface area (TPSA) is 108 Å². The summed E-state index contributed by atoms with van der Waals surface area (Å²) in [5.74, 6) is -1.60. The highest BCUT2D eigenvalue weighted by Gasteiger charge is 2.35. The molecule has 0 saturated carbocycles. The van der Waals surface area contributed by atoms with E-state index in [1.54, 1.807) is 32.2 Å². The maximum atomic E-state index is 13.1. The number of rotatable bonds is 5. The Morgan fingerprint density at radius 2 is 1.80 bits per heavy atom. The van der Waals surface area contributed by atoms with Crippen LogP contribution in [0.4, 0.5) is 0 Å². The summed E-state index contributed by atoms with van der Waals surface area (Å²) < 4.78 is 0. The van der Waals surface area contributed by atoms with E-state index in [9.17, 15) is 19.2 Å². The Kier molecular flexibility index (Phi) is 10.6. The number of carbonyl (C=O) groups is 4. The summed E-state index contributed by atoms with van der Waals surface area (Å²) in [5.41, 5.74) is 0. The van der Waals surface area contributed by atoms with Gasteiger partial charge in [-0.25, -0.2) is 0 Å². The molecule has 0 radical (unpaired) electrons. The molecule has 0 aliphatic carbocycles. The summed E-state index contributed by atoms with van der Waals surface area (Å²) in [7, 11) is 1.55. The van der Waals surface area contributed by atoms with Gasteiger partial charge in [0.25, 0.3) is 0 Å². The summed E-state index contributed by atoms with van der Waals surface area (Å²) in [6.45, 7) is 7.51. The molecule has 0 aromatic carbocycles. The van der Waals surface area contributed by atoms with Crippen molar-refractivity contribution in [2.75, 3.05) is 13.6 Å². The smallest absolute Gasteiger partial charge is 0.245 e. The van der Waals surface area contributed by atoms with Gasteiger partial charge in [0.2, 0.25) is 23.6 Å². The second kappa shape index (κ2) is 12.6. The molecule has 30 heavy (non-hydrogen) atoms. The summed E-state index contributed by atoms with van der Waals surface area (Å²) in [4.78, 5) is 51.7. The average molecular weight is 419 g/mol. The third-order valence-corrected chi connectivity index (χ3v) is 4.77. The minimum absolute atomic E-state index is 0.176. The predicted octanol–water partition coefficient (Wildman–Crippen LogP) is 1.06. The van der Waals surface area contributed by atoms with E-state index in [2.05, 4.69) is 16.0 Å². The minimum atomic E-state index is -0.797. The molecule has 0 spiro atoms. The molecule has 0 aromatic heterocycles. The first-order valence-corrected chi connectivity index (χ1v) is 10.3. The zero-order valence-electron chi connectivity index (χ0n) is 18.5. The fourth-order valence-corrected chi connectivity index (χ4v) is 3.20. The summed E-state index contributed by atoms with van der Waals surface area (Å²) in [5, 5.41) is 8.14. The van der Waals surface area contributed by atoms with E-state index in [0.717, 1.165) is 0 Å². The normalized spacial score (nSPS) is 24.8. The zero-order valence-corrected chi connectivity index (χ0v) is 18.5. The number of nitrogens with one attached hydrogen (secondary N) is 3. The van der Waals surface area contributed by atoms with Crippen LogP contribution in [0.5, 0.6) is 0 Å². The summed E-state index contributed by atoms with van der Waals surface area (Å²) in [6.07, 6.45) is 11.0. The largest absolute Gasteiger partial charge is 0.354 e. The second-order valence-corrected chi connectivity index (χ2v) is 7.63. The lowest BCUT2D eigenvalue weighted by molar-refractivity contribution is -0.144. The van der Waals surface area contributed by atoms with Crippen molar-refractivity contribution in [2.24, 2.45) is 5.92 Å². The van der Waals surface area contributed by atoms with E-state index >= 15 is 0 Å². The van der Waals surface area contributed by atoms with Crippen LogP contribution in [-0.4, -0.2) is 60.2 Å². The predicted molar refractivity (Wildman–Crippen MR) is 116 cm³/mol. The number of likely N-dealkylation sites (N-methyl/N-ethyl adjacent to an activating group) is 1. The van der Waals surface area contributed by atoms with Crippen LogP contribution in [0.2, 0.25) is 0 Å². The highest BCUT2D eigenvalue weighted by atomic mass is 16.2. The van der Waals surface area contributed by atoms with Gasteiger partial charge in [-0.2, -0.15) is 0 Å². The molecule has 0 aromatic rings. The van der Waals surface area contributed by atoms with Crippen LogP contribution >= 0.6 is 0 Å². The Morgan fingerprint density at radius 1 is 1.13 bits per heavy atom. The van der Waals surface area contributed by atoms with Gasteiger partial charge in [0, 0.05) is 19.7 Å². The lowest BCUT2D eigenvalue weighted by Crippen LogP contribution is -2.58. The van der Waals surface area contributed by atoms with Crippen molar-refractivity contribution in [3.63, 3.8) is 0 Å². The van der Waals surface area contributed by atoms with Gasteiger partial charge >= 0.3 is 0 Å². The van der Waals surface area contributed by atoms with Crippen LogP contribution in [0, 0.1) is 5.92 Å². The minimum Gasteiger partial charge on any atom is -0.354 e.